The Labute approximate surface area is 177 Å². The number of hydrogen-bond donors (Lipinski definition) is 2. The number of nitrogens with zero attached hydrogens (tertiary/aromatic N) is 1. The zero-order chi connectivity index (χ0) is 20.1. The molecule has 2 saturated heterocycles. The Balaban J connectivity index is 1.27. The number of piperidine rings is 1. The first kappa shape index (κ1) is 20.7. The fourth-order valence-electron chi connectivity index (χ4n) is 5.33. The van der Waals surface area contributed by atoms with E-state index in [9.17, 15) is 9.59 Å². The van der Waals surface area contributed by atoms with E-state index in [4.69, 9.17) is 4.74 Å². The summed E-state index contributed by atoms with van der Waals surface area (Å²) in [6.07, 6.45) is 9.27. The van der Waals surface area contributed by atoms with Crippen LogP contribution in [-0.4, -0.2) is 49.2 Å². The standard InChI is InChI=1S/C22H33N3O3S/c26-20(25-13-3-6-17-5-1-2-7-18(17)25)9-12-23-21(27)24-22(10-14-28-15-11-22)19-8-4-16-29-19/h4,8,16-18H,1-3,5-7,9-15H2,(H2,23,24,27). The van der Waals surface area contributed by atoms with Crippen molar-refractivity contribution in [2.45, 2.75) is 69.4 Å². The third kappa shape index (κ3) is 4.77. The van der Waals surface area contributed by atoms with Crippen LogP contribution in [0.4, 0.5) is 4.79 Å². The predicted molar refractivity (Wildman–Crippen MR) is 114 cm³/mol. The van der Waals surface area contributed by atoms with Crippen molar-refractivity contribution in [1.82, 2.24) is 15.5 Å². The first-order valence-corrected chi connectivity index (χ1v) is 12.0. The minimum absolute atomic E-state index is 0.192. The van der Waals surface area contributed by atoms with E-state index in [0.717, 1.165) is 32.2 Å². The molecule has 7 heteroatoms. The Morgan fingerprint density at radius 3 is 2.76 bits per heavy atom. The average Bonchev–Trinajstić information content (AvgIpc) is 3.29. The quantitative estimate of drug-likeness (QED) is 0.766. The van der Waals surface area contributed by atoms with Gasteiger partial charge < -0.3 is 20.3 Å². The molecule has 2 atom stereocenters. The van der Waals surface area contributed by atoms with Crippen molar-refractivity contribution in [3.63, 3.8) is 0 Å². The fraction of sp³-hybridized carbons (Fsp3) is 0.727. The molecule has 6 nitrogen and oxygen atoms in total. The van der Waals surface area contributed by atoms with Crippen LogP contribution in [0.1, 0.15) is 62.7 Å². The van der Waals surface area contributed by atoms with E-state index in [-0.39, 0.29) is 17.5 Å². The SMILES string of the molecule is O=C(NCCC(=O)N1CCCC2CCCCC21)NC1(c2cccs2)CCOCC1. The molecule has 1 aliphatic carbocycles. The van der Waals surface area contributed by atoms with Crippen molar-refractivity contribution in [2.75, 3.05) is 26.3 Å². The summed E-state index contributed by atoms with van der Waals surface area (Å²) < 4.78 is 5.51. The lowest BCUT2D eigenvalue weighted by Crippen LogP contribution is -2.53. The Hall–Kier alpha value is -1.60. The summed E-state index contributed by atoms with van der Waals surface area (Å²) in [5, 5.41) is 8.16. The van der Waals surface area contributed by atoms with Gasteiger partial charge in [-0.05, 0) is 55.9 Å². The number of nitrogens with one attached hydrogen (secondary N) is 2. The Bertz CT molecular complexity index is 685. The van der Waals surface area contributed by atoms with Gasteiger partial charge in [0.1, 0.15) is 0 Å². The van der Waals surface area contributed by atoms with Gasteiger partial charge in [-0.25, -0.2) is 4.79 Å². The summed E-state index contributed by atoms with van der Waals surface area (Å²) in [6.45, 7) is 2.56. The fourth-order valence-corrected chi connectivity index (χ4v) is 6.27. The summed E-state index contributed by atoms with van der Waals surface area (Å²) in [5.41, 5.74) is -0.358. The van der Waals surface area contributed by atoms with Crippen molar-refractivity contribution in [3.05, 3.63) is 22.4 Å². The van der Waals surface area contributed by atoms with E-state index < -0.39 is 0 Å². The van der Waals surface area contributed by atoms with E-state index in [2.05, 4.69) is 21.6 Å². The van der Waals surface area contributed by atoms with Crippen molar-refractivity contribution >= 4 is 23.3 Å². The maximum absolute atomic E-state index is 12.8. The van der Waals surface area contributed by atoms with Crippen LogP contribution in [-0.2, 0) is 15.1 Å². The Morgan fingerprint density at radius 1 is 1.17 bits per heavy atom. The van der Waals surface area contributed by atoms with Gasteiger partial charge >= 0.3 is 6.03 Å². The minimum Gasteiger partial charge on any atom is -0.381 e. The van der Waals surface area contributed by atoms with Crippen LogP contribution in [0.25, 0.3) is 0 Å². The number of amides is 3. The summed E-state index contributed by atoms with van der Waals surface area (Å²) in [7, 11) is 0. The second-order valence-electron chi connectivity index (χ2n) is 8.64. The smallest absolute Gasteiger partial charge is 0.315 e. The average molecular weight is 420 g/mol. The molecule has 2 aliphatic heterocycles. The Kier molecular flexibility index (Phi) is 6.75. The zero-order valence-corrected chi connectivity index (χ0v) is 18.0. The van der Waals surface area contributed by atoms with E-state index >= 15 is 0 Å². The number of ether oxygens (including phenoxy) is 1. The molecule has 29 heavy (non-hydrogen) atoms. The number of carbonyl (C=O) groups is 2. The maximum Gasteiger partial charge on any atom is 0.315 e. The van der Waals surface area contributed by atoms with E-state index in [1.165, 1.54) is 30.6 Å². The largest absolute Gasteiger partial charge is 0.381 e. The summed E-state index contributed by atoms with van der Waals surface area (Å²) in [6, 6.07) is 4.34. The second kappa shape index (κ2) is 9.47. The van der Waals surface area contributed by atoms with Gasteiger partial charge in [0.2, 0.25) is 5.91 Å². The van der Waals surface area contributed by atoms with Gasteiger partial charge in [-0.2, -0.15) is 0 Å². The van der Waals surface area contributed by atoms with Crippen LogP contribution in [0, 0.1) is 5.92 Å². The molecule has 1 aromatic heterocycles. The van der Waals surface area contributed by atoms with Crippen molar-refractivity contribution in [3.8, 4) is 0 Å². The number of urea groups is 1. The molecule has 0 aromatic carbocycles. The minimum atomic E-state index is -0.358. The highest BCUT2D eigenvalue weighted by Gasteiger charge is 2.37. The third-order valence-electron chi connectivity index (χ3n) is 6.88. The van der Waals surface area contributed by atoms with Gasteiger partial charge in [0, 0.05) is 43.6 Å². The molecule has 2 unspecified atom stereocenters. The molecular weight excluding hydrogens is 386 g/mol. The van der Waals surface area contributed by atoms with Gasteiger partial charge in [-0.3, -0.25) is 4.79 Å². The topological polar surface area (TPSA) is 70.7 Å². The zero-order valence-electron chi connectivity index (χ0n) is 17.2. The normalized spacial score (nSPS) is 26.4. The molecule has 3 amide bonds. The molecule has 160 valence electrons. The highest BCUT2D eigenvalue weighted by molar-refractivity contribution is 7.10. The maximum atomic E-state index is 12.8. The molecular formula is C22H33N3O3S. The van der Waals surface area contributed by atoms with Crippen LogP contribution in [0.5, 0.6) is 0 Å². The van der Waals surface area contributed by atoms with Gasteiger partial charge in [-0.1, -0.05) is 18.9 Å². The lowest BCUT2D eigenvalue weighted by atomic mass is 9.78. The molecule has 0 spiro atoms. The number of thiophene rings is 1. The van der Waals surface area contributed by atoms with Crippen molar-refractivity contribution in [2.24, 2.45) is 5.92 Å². The first-order valence-electron chi connectivity index (χ1n) is 11.2. The monoisotopic (exact) mass is 419 g/mol. The van der Waals surface area contributed by atoms with Gasteiger partial charge in [0.15, 0.2) is 0 Å². The van der Waals surface area contributed by atoms with E-state index in [1.54, 1.807) is 11.3 Å². The van der Waals surface area contributed by atoms with Crippen LogP contribution < -0.4 is 10.6 Å². The molecule has 1 saturated carbocycles. The van der Waals surface area contributed by atoms with E-state index in [0.29, 0.717) is 38.1 Å². The van der Waals surface area contributed by atoms with Crippen molar-refractivity contribution < 1.29 is 14.3 Å². The first-order chi connectivity index (χ1) is 14.2. The Morgan fingerprint density at radius 2 is 1.97 bits per heavy atom. The number of rotatable bonds is 5. The third-order valence-corrected chi connectivity index (χ3v) is 7.95. The highest BCUT2D eigenvalue weighted by Crippen LogP contribution is 2.36. The summed E-state index contributed by atoms with van der Waals surface area (Å²) >= 11 is 1.67. The highest BCUT2D eigenvalue weighted by atomic mass is 32.1. The summed E-state index contributed by atoms with van der Waals surface area (Å²) in [5.74, 6) is 0.887. The second-order valence-corrected chi connectivity index (χ2v) is 9.59. The van der Waals surface area contributed by atoms with Crippen molar-refractivity contribution in [1.29, 1.82) is 0 Å². The molecule has 1 aromatic rings. The van der Waals surface area contributed by atoms with Crippen LogP contribution in [0.15, 0.2) is 17.5 Å². The number of hydrogen-bond acceptors (Lipinski definition) is 4. The molecule has 3 fully saturated rings. The molecule has 3 aliphatic rings. The van der Waals surface area contributed by atoms with Crippen LogP contribution in [0.2, 0.25) is 0 Å². The van der Waals surface area contributed by atoms with Crippen LogP contribution in [0.3, 0.4) is 0 Å². The van der Waals surface area contributed by atoms with Gasteiger partial charge in [0.05, 0.1) is 5.54 Å². The van der Waals surface area contributed by atoms with Gasteiger partial charge in [-0.15, -0.1) is 11.3 Å². The lowest BCUT2D eigenvalue weighted by Gasteiger charge is -2.44. The lowest BCUT2D eigenvalue weighted by molar-refractivity contribution is -0.137. The summed E-state index contributed by atoms with van der Waals surface area (Å²) in [4.78, 5) is 28.7. The number of fused-ring (bicyclic) bond motifs is 1. The predicted octanol–water partition coefficient (Wildman–Crippen LogP) is 3.62. The molecule has 0 radical (unpaired) electrons. The van der Waals surface area contributed by atoms with E-state index in [1.807, 2.05) is 11.4 Å². The number of carbonyl (C=O) groups excluding carboxylic acids is 2. The van der Waals surface area contributed by atoms with Gasteiger partial charge in [0.25, 0.3) is 0 Å². The molecule has 4 rings (SSSR count). The number of likely N-dealkylation sites (tertiary alicyclic amines) is 1. The van der Waals surface area contributed by atoms with Crippen LogP contribution >= 0.6 is 11.3 Å². The molecule has 2 N–H and O–H groups in total. The molecule has 3 heterocycles. The molecule has 0 bridgehead atoms.